The summed E-state index contributed by atoms with van der Waals surface area (Å²) in [5.74, 6) is 0.329. The van der Waals surface area contributed by atoms with Crippen molar-refractivity contribution in [2.45, 2.75) is 46.4 Å². The first-order valence-corrected chi connectivity index (χ1v) is 9.56. The predicted molar refractivity (Wildman–Crippen MR) is 110 cm³/mol. The fourth-order valence-corrected chi connectivity index (χ4v) is 3.09. The fourth-order valence-electron chi connectivity index (χ4n) is 3.09. The van der Waals surface area contributed by atoms with Gasteiger partial charge >= 0.3 is 0 Å². The van der Waals surface area contributed by atoms with Gasteiger partial charge in [-0.2, -0.15) is 0 Å². The number of hydrogen-bond acceptors (Lipinski definition) is 4. The predicted octanol–water partition coefficient (Wildman–Crippen LogP) is 4.32. The van der Waals surface area contributed by atoms with E-state index in [-0.39, 0.29) is 11.9 Å². The highest BCUT2D eigenvalue weighted by Gasteiger charge is 2.16. The molecule has 0 unspecified atom stereocenters. The van der Waals surface area contributed by atoms with Crippen molar-refractivity contribution in [3.8, 4) is 0 Å². The highest BCUT2D eigenvalue weighted by atomic mass is 16.3. The van der Waals surface area contributed by atoms with E-state index in [0.717, 1.165) is 13.1 Å². The van der Waals surface area contributed by atoms with E-state index in [9.17, 15) is 4.79 Å². The average molecular weight is 377 g/mol. The molecule has 5 nitrogen and oxygen atoms in total. The lowest BCUT2D eigenvalue weighted by Gasteiger charge is -2.21. The largest absolute Gasteiger partial charge is 0.447 e. The Kier molecular flexibility index (Phi) is 6.61. The molecule has 0 radical (unpaired) electrons. The summed E-state index contributed by atoms with van der Waals surface area (Å²) < 4.78 is 5.58. The summed E-state index contributed by atoms with van der Waals surface area (Å²) in [4.78, 5) is 18.8. The Morgan fingerprint density at radius 3 is 2.46 bits per heavy atom. The minimum atomic E-state index is -0.210. The van der Waals surface area contributed by atoms with Crippen LogP contribution >= 0.6 is 0 Å². The van der Waals surface area contributed by atoms with Crippen LogP contribution in [0.5, 0.6) is 0 Å². The van der Waals surface area contributed by atoms with E-state index < -0.39 is 0 Å². The van der Waals surface area contributed by atoms with Crippen LogP contribution in [0.25, 0.3) is 0 Å². The van der Waals surface area contributed by atoms with Crippen molar-refractivity contribution in [2.24, 2.45) is 0 Å². The topological polar surface area (TPSA) is 58.4 Å². The minimum absolute atomic E-state index is 0.0588. The summed E-state index contributed by atoms with van der Waals surface area (Å²) >= 11 is 0. The zero-order valence-electron chi connectivity index (χ0n) is 16.7. The summed E-state index contributed by atoms with van der Waals surface area (Å²) in [6.45, 7) is 8.00. The van der Waals surface area contributed by atoms with E-state index in [2.05, 4.69) is 58.5 Å². The van der Waals surface area contributed by atoms with Gasteiger partial charge in [0.05, 0.1) is 6.54 Å². The highest BCUT2D eigenvalue weighted by Crippen LogP contribution is 2.15. The minimum Gasteiger partial charge on any atom is -0.447 e. The molecule has 0 saturated heterocycles. The number of benzene rings is 2. The number of aryl methyl sites for hydroxylation is 1. The average Bonchev–Trinajstić information content (AvgIpc) is 3.11. The maximum atomic E-state index is 12.1. The van der Waals surface area contributed by atoms with E-state index in [1.807, 2.05) is 32.0 Å². The van der Waals surface area contributed by atoms with Crippen molar-refractivity contribution in [3.63, 3.8) is 0 Å². The molecule has 5 heteroatoms. The third kappa shape index (κ3) is 5.79. The van der Waals surface area contributed by atoms with Gasteiger partial charge in [-0.1, -0.05) is 60.2 Å². The van der Waals surface area contributed by atoms with Gasteiger partial charge in [0, 0.05) is 19.1 Å². The third-order valence-corrected chi connectivity index (χ3v) is 4.30. The lowest BCUT2D eigenvalue weighted by atomic mass is 10.1. The van der Waals surface area contributed by atoms with Crippen LogP contribution in [0.4, 0.5) is 0 Å². The molecule has 1 amide bonds. The highest BCUT2D eigenvalue weighted by molar-refractivity contribution is 5.92. The summed E-state index contributed by atoms with van der Waals surface area (Å²) in [7, 11) is 0. The Morgan fingerprint density at radius 2 is 1.75 bits per heavy atom. The smallest absolute Gasteiger partial charge is 0.273 e. The van der Waals surface area contributed by atoms with E-state index in [4.69, 9.17) is 4.42 Å². The molecule has 1 heterocycles. The molecule has 0 aliphatic heterocycles. The third-order valence-electron chi connectivity index (χ3n) is 4.30. The van der Waals surface area contributed by atoms with Crippen molar-refractivity contribution in [3.05, 3.63) is 89.1 Å². The molecule has 3 aromatic rings. The number of oxazole rings is 1. The second-order valence-electron chi connectivity index (χ2n) is 7.37. The van der Waals surface area contributed by atoms with Gasteiger partial charge in [0.1, 0.15) is 6.26 Å². The van der Waals surface area contributed by atoms with Crippen LogP contribution < -0.4 is 5.32 Å². The van der Waals surface area contributed by atoms with Crippen LogP contribution in [-0.4, -0.2) is 21.8 Å². The zero-order valence-corrected chi connectivity index (χ0v) is 16.7. The van der Waals surface area contributed by atoms with E-state index in [1.54, 1.807) is 0 Å². The number of rotatable bonds is 8. The first kappa shape index (κ1) is 19.8. The first-order chi connectivity index (χ1) is 13.5. The van der Waals surface area contributed by atoms with Gasteiger partial charge < -0.3 is 9.73 Å². The van der Waals surface area contributed by atoms with Crippen LogP contribution in [0.3, 0.4) is 0 Å². The number of carbonyl (C=O) groups is 1. The maximum Gasteiger partial charge on any atom is 0.273 e. The molecular formula is C23H27N3O2. The van der Waals surface area contributed by atoms with E-state index in [1.165, 1.54) is 23.0 Å². The number of aromatic nitrogens is 1. The Balaban J connectivity index is 1.75. The quantitative estimate of drug-likeness (QED) is 0.635. The molecule has 1 aromatic heterocycles. The Labute approximate surface area is 166 Å². The van der Waals surface area contributed by atoms with Crippen LogP contribution in [0.1, 0.15) is 46.9 Å². The van der Waals surface area contributed by atoms with Crippen LogP contribution in [0.15, 0.2) is 65.3 Å². The molecule has 0 aliphatic rings. The molecule has 2 aromatic carbocycles. The fraction of sp³-hybridized carbons (Fsp3) is 0.304. The van der Waals surface area contributed by atoms with Gasteiger partial charge in [0.2, 0.25) is 5.89 Å². The monoisotopic (exact) mass is 377 g/mol. The molecule has 3 rings (SSSR count). The number of hydrogen-bond donors (Lipinski definition) is 1. The van der Waals surface area contributed by atoms with Gasteiger partial charge in [-0.05, 0) is 31.9 Å². The molecule has 28 heavy (non-hydrogen) atoms. The molecule has 0 fully saturated rings. The Hall–Kier alpha value is -2.92. The summed E-state index contributed by atoms with van der Waals surface area (Å²) in [5.41, 5.74) is 4.01. The van der Waals surface area contributed by atoms with Crippen molar-refractivity contribution >= 4 is 5.91 Å². The molecule has 0 bridgehead atoms. The Morgan fingerprint density at radius 1 is 1.04 bits per heavy atom. The number of carbonyl (C=O) groups excluding carboxylic acids is 1. The van der Waals surface area contributed by atoms with Gasteiger partial charge in [0.15, 0.2) is 5.69 Å². The maximum absolute atomic E-state index is 12.1. The Bertz CT molecular complexity index is 903. The molecule has 146 valence electrons. The molecule has 0 spiro atoms. The second kappa shape index (κ2) is 9.33. The first-order valence-electron chi connectivity index (χ1n) is 9.56. The van der Waals surface area contributed by atoms with E-state index in [0.29, 0.717) is 18.1 Å². The van der Waals surface area contributed by atoms with E-state index >= 15 is 0 Å². The van der Waals surface area contributed by atoms with Crippen molar-refractivity contribution < 1.29 is 9.21 Å². The zero-order chi connectivity index (χ0) is 19.9. The molecule has 1 N–H and O–H groups in total. The summed E-state index contributed by atoms with van der Waals surface area (Å²) in [6, 6.07) is 18.9. The van der Waals surface area contributed by atoms with Gasteiger partial charge in [-0.25, -0.2) is 4.98 Å². The summed E-state index contributed by atoms with van der Waals surface area (Å²) in [5, 5.41) is 2.84. The normalized spacial score (nSPS) is 11.2. The van der Waals surface area contributed by atoms with Crippen LogP contribution in [0, 0.1) is 6.92 Å². The molecule has 0 saturated carbocycles. The number of amides is 1. The molecule has 0 aliphatic carbocycles. The molecule has 0 atom stereocenters. The second-order valence-corrected chi connectivity index (χ2v) is 7.37. The SMILES string of the molecule is Cc1cccc(CN(Cc2ccccc2)Cc2nc(C(=O)NC(C)C)co2)c1. The van der Waals surface area contributed by atoms with Crippen LogP contribution in [-0.2, 0) is 19.6 Å². The summed E-state index contributed by atoms with van der Waals surface area (Å²) in [6.07, 6.45) is 1.43. The standard InChI is InChI=1S/C23H27N3O2/c1-17(2)24-23(27)21-16-28-22(25-21)15-26(13-19-9-5-4-6-10-19)14-20-11-7-8-18(3)12-20/h4-12,16-17H,13-15H2,1-3H3,(H,24,27). The lowest BCUT2D eigenvalue weighted by Crippen LogP contribution is -2.30. The van der Waals surface area contributed by atoms with Gasteiger partial charge in [-0.15, -0.1) is 0 Å². The van der Waals surface area contributed by atoms with Gasteiger partial charge in [0.25, 0.3) is 5.91 Å². The van der Waals surface area contributed by atoms with Crippen LogP contribution in [0.2, 0.25) is 0 Å². The van der Waals surface area contributed by atoms with Gasteiger partial charge in [-0.3, -0.25) is 9.69 Å². The van der Waals surface area contributed by atoms with Crippen molar-refractivity contribution in [1.29, 1.82) is 0 Å². The molecular weight excluding hydrogens is 350 g/mol. The van der Waals surface area contributed by atoms with Crippen molar-refractivity contribution in [2.75, 3.05) is 0 Å². The number of nitrogens with zero attached hydrogens (tertiary/aromatic N) is 2. The number of nitrogens with one attached hydrogen (secondary N) is 1. The lowest BCUT2D eigenvalue weighted by molar-refractivity contribution is 0.0938. The van der Waals surface area contributed by atoms with Crippen molar-refractivity contribution in [1.82, 2.24) is 15.2 Å².